The van der Waals surface area contributed by atoms with Crippen LogP contribution in [0.2, 0.25) is 0 Å². The molecule has 0 saturated heterocycles. The van der Waals surface area contributed by atoms with Crippen molar-refractivity contribution < 1.29 is 0 Å². The molecule has 0 aliphatic heterocycles. The highest BCUT2D eigenvalue weighted by molar-refractivity contribution is 5.75. The van der Waals surface area contributed by atoms with Gasteiger partial charge in [-0.25, -0.2) is 0 Å². The van der Waals surface area contributed by atoms with E-state index in [4.69, 9.17) is 0 Å². The summed E-state index contributed by atoms with van der Waals surface area (Å²) in [6, 6.07) is 25.3. The van der Waals surface area contributed by atoms with Crippen molar-refractivity contribution >= 4 is 17.1 Å². The first-order chi connectivity index (χ1) is 11.2. The minimum Gasteiger partial charge on any atom is -0.379 e. The average Bonchev–Trinajstić information content (AvgIpc) is 2.57. The lowest BCUT2D eigenvalue weighted by atomic mass is 10.1. The molecular weight excluding hydrogens is 280 g/mol. The largest absolute Gasteiger partial charge is 0.379 e. The Hall–Kier alpha value is -2.74. The van der Waals surface area contributed by atoms with Crippen molar-refractivity contribution in [2.75, 3.05) is 10.6 Å². The summed E-state index contributed by atoms with van der Waals surface area (Å²) in [4.78, 5) is 0. The van der Waals surface area contributed by atoms with Gasteiger partial charge in [0.1, 0.15) is 0 Å². The summed E-state index contributed by atoms with van der Waals surface area (Å²) < 4.78 is 0. The molecule has 0 bridgehead atoms. The van der Waals surface area contributed by atoms with Crippen molar-refractivity contribution in [1.29, 1.82) is 0 Å². The molecule has 0 aromatic heterocycles. The predicted octanol–water partition coefficient (Wildman–Crippen LogP) is 5.66. The molecule has 2 heteroatoms. The van der Waals surface area contributed by atoms with Gasteiger partial charge in [-0.1, -0.05) is 60.2 Å². The predicted molar refractivity (Wildman–Crippen MR) is 99.4 cm³/mol. The molecule has 0 heterocycles. The number of benzene rings is 3. The van der Waals surface area contributed by atoms with Crippen LogP contribution in [0.4, 0.5) is 17.1 Å². The molecule has 0 amide bonds. The summed E-state index contributed by atoms with van der Waals surface area (Å²) >= 11 is 0. The second kappa shape index (κ2) is 7.01. The minimum absolute atomic E-state index is 0.812. The highest BCUT2D eigenvalue weighted by Crippen LogP contribution is 2.27. The van der Waals surface area contributed by atoms with E-state index < -0.39 is 0 Å². The van der Waals surface area contributed by atoms with Crippen molar-refractivity contribution in [2.24, 2.45) is 0 Å². The van der Waals surface area contributed by atoms with E-state index >= 15 is 0 Å². The average molecular weight is 302 g/mol. The summed E-state index contributed by atoms with van der Waals surface area (Å²) in [7, 11) is 0. The Labute approximate surface area is 138 Å². The lowest BCUT2D eigenvalue weighted by Crippen LogP contribution is -2.03. The second-order valence-electron chi connectivity index (χ2n) is 5.82. The first kappa shape index (κ1) is 15.2. The summed E-state index contributed by atoms with van der Waals surface area (Å²) in [6.07, 6.45) is 0. The van der Waals surface area contributed by atoms with Crippen LogP contribution in [0.5, 0.6) is 0 Å². The third-order valence-electron chi connectivity index (χ3n) is 3.95. The second-order valence-corrected chi connectivity index (χ2v) is 5.82. The SMILES string of the molecule is Cc1ccc(CNc2ccccc2Nc2ccccc2C)cc1. The van der Waals surface area contributed by atoms with E-state index in [0.717, 1.165) is 23.6 Å². The fourth-order valence-electron chi connectivity index (χ4n) is 2.51. The number of hydrogen-bond donors (Lipinski definition) is 2. The van der Waals surface area contributed by atoms with Crippen LogP contribution in [0.1, 0.15) is 16.7 Å². The third kappa shape index (κ3) is 3.92. The minimum atomic E-state index is 0.812. The van der Waals surface area contributed by atoms with Crippen LogP contribution in [0.25, 0.3) is 0 Å². The number of aryl methyl sites for hydroxylation is 2. The zero-order valence-corrected chi connectivity index (χ0v) is 13.6. The number of hydrogen-bond acceptors (Lipinski definition) is 2. The maximum absolute atomic E-state index is 3.53. The molecule has 0 radical (unpaired) electrons. The van der Waals surface area contributed by atoms with Gasteiger partial charge in [0.25, 0.3) is 0 Å². The Balaban J connectivity index is 1.75. The van der Waals surface area contributed by atoms with Gasteiger partial charge in [0.2, 0.25) is 0 Å². The molecule has 0 aliphatic rings. The van der Waals surface area contributed by atoms with E-state index in [-0.39, 0.29) is 0 Å². The van der Waals surface area contributed by atoms with Gasteiger partial charge in [-0.15, -0.1) is 0 Å². The van der Waals surface area contributed by atoms with Gasteiger partial charge in [0, 0.05) is 12.2 Å². The molecule has 3 aromatic rings. The maximum Gasteiger partial charge on any atom is 0.0620 e. The van der Waals surface area contributed by atoms with Crippen molar-refractivity contribution in [1.82, 2.24) is 0 Å². The molecule has 0 fully saturated rings. The third-order valence-corrected chi connectivity index (χ3v) is 3.95. The molecule has 0 unspecified atom stereocenters. The highest BCUT2D eigenvalue weighted by atomic mass is 15.0. The van der Waals surface area contributed by atoms with E-state index in [1.54, 1.807) is 0 Å². The lowest BCUT2D eigenvalue weighted by molar-refractivity contribution is 1.14. The van der Waals surface area contributed by atoms with Gasteiger partial charge >= 0.3 is 0 Å². The lowest BCUT2D eigenvalue weighted by Gasteiger charge is -2.15. The van der Waals surface area contributed by atoms with Crippen LogP contribution in [0.15, 0.2) is 72.8 Å². The Kier molecular flexibility index (Phi) is 4.62. The first-order valence-electron chi connectivity index (χ1n) is 7.93. The van der Waals surface area contributed by atoms with Crippen molar-refractivity contribution in [2.45, 2.75) is 20.4 Å². The molecule has 116 valence electrons. The van der Waals surface area contributed by atoms with Crippen molar-refractivity contribution in [3.8, 4) is 0 Å². The van der Waals surface area contributed by atoms with Crippen LogP contribution in [-0.2, 0) is 6.54 Å². The molecule has 0 aliphatic carbocycles. The molecule has 23 heavy (non-hydrogen) atoms. The van der Waals surface area contributed by atoms with E-state index in [2.05, 4.69) is 97.3 Å². The molecule has 0 spiro atoms. The molecular formula is C21H22N2. The first-order valence-corrected chi connectivity index (χ1v) is 7.93. The van der Waals surface area contributed by atoms with Crippen LogP contribution < -0.4 is 10.6 Å². The van der Waals surface area contributed by atoms with Crippen molar-refractivity contribution in [3.05, 3.63) is 89.5 Å². The van der Waals surface area contributed by atoms with Gasteiger partial charge in [-0.3, -0.25) is 0 Å². The van der Waals surface area contributed by atoms with Gasteiger partial charge < -0.3 is 10.6 Å². The Morgan fingerprint density at radius 2 is 1.26 bits per heavy atom. The standard InChI is InChI=1S/C21H22N2/c1-16-11-13-18(14-12-16)15-22-20-9-5-6-10-21(20)23-19-8-4-3-7-17(19)2/h3-14,22-23H,15H2,1-2H3. The fraction of sp³-hybridized carbons (Fsp3) is 0.143. The monoisotopic (exact) mass is 302 g/mol. The number of rotatable bonds is 5. The zero-order chi connectivity index (χ0) is 16.1. The van der Waals surface area contributed by atoms with Crippen LogP contribution in [0, 0.1) is 13.8 Å². The van der Waals surface area contributed by atoms with Gasteiger partial charge in [-0.2, -0.15) is 0 Å². The number of para-hydroxylation sites is 3. The summed E-state index contributed by atoms with van der Waals surface area (Å²) in [5, 5.41) is 7.05. The van der Waals surface area contributed by atoms with Crippen LogP contribution in [0.3, 0.4) is 0 Å². The van der Waals surface area contributed by atoms with E-state index in [9.17, 15) is 0 Å². The number of anilines is 3. The number of nitrogens with one attached hydrogen (secondary N) is 2. The maximum atomic E-state index is 3.53. The summed E-state index contributed by atoms with van der Waals surface area (Å²) in [5.41, 5.74) is 7.14. The Bertz CT molecular complexity index is 776. The van der Waals surface area contributed by atoms with E-state index in [0.29, 0.717) is 0 Å². The molecule has 2 N–H and O–H groups in total. The van der Waals surface area contributed by atoms with Gasteiger partial charge in [0.05, 0.1) is 11.4 Å². The van der Waals surface area contributed by atoms with Crippen molar-refractivity contribution in [3.63, 3.8) is 0 Å². The topological polar surface area (TPSA) is 24.1 Å². The molecule has 3 aromatic carbocycles. The summed E-state index contributed by atoms with van der Waals surface area (Å²) in [5.74, 6) is 0. The zero-order valence-electron chi connectivity index (χ0n) is 13.6. The Morgan fingerprint density at radius 1 is 0.652 bits per heavy atom. The van der Waals surface area contributed by atoms with Crippen LogP contribution in [-0.4, -0.2) is 0 Å². The molecule has 2 nitrogen and oxygen atoms in total. The normalized spacial score (nSPS) is 10.3. The van der Waals surface area contributed by atoms with Gasteiger partial charge in [0.15, 0.2) is 0 Å². The smallest absolute Gasteiger partial charge is 0.0620 e. The van der Waals surface area contributed by atoms with Crippen LogP contribution >= 0.6 is 0 Å². The Morgan fingerprint density at radius 3 is 1.96 bits per heavy atom. The molecule has 3 rings (SSSR count). The quantitative estimate of drug-likeness (QED) is 0.635. The van der Waals surface area contributed by atoms with Gasteiger partial charge in [-0.05, 0) is 43.2 Å². The fourth-order valence-corrected chi connectivity index (χ4v) is 2.51. The van der Waals surface area contributed by atoms with E-state index in [1.165, 1.54) is 16.7 Å². The molecule has 0 atom stereocenters. The summed E-state index contributed by atoms with van der Waals surface area (Å²) in [6.45, 7) is 5.04. The van der Waals surface area contributed by atoms with E-state index in [1.807, 2.05) is 0 Å². The highest BCUT2D eigenvalue weighted by Gasteiger charge is 2.03. The molecule has 0 saturated carbocycles.